The number of rotatable bonds is 3. The zero-order valence-electron chi connectivity index (χ0n) is 13.8. The number of hydrogen-bond donors (Lipinski definition) is 0. The molecule has 0 aromatic heterocycles. The second kappa shape index (κ2) is 4.58. The minimum absolute atomic E-state index is 0.0856. The highest BCUT2D eigenvalue weighted by Crippen LogP contribution is 2.61. The van der Waals surface area contributed by atoms with E-state index in [1.54, 1.807) is 6.92 Å². The first-order valence-corrected chi connectivity index (χ1v) is 8.19. The summed E-state index contributed by atoms with van der Waals surface area (Å²) in [5.41, 5.74) is -0.0367. The number of carbonyl (C=O) groups is 1. The molecule has 0 aromatic carbocycles. The van der Waals surface area contributed by atoms with Gasteiger partial charge in [0.05, 0.1) is 11.2 Å². The summed E-state index contributed by atoms with van der Waals surface area (Å²) in [5, 5.41) is 0. The monoisotopic (exact) mass is 292 g/mol. The van der Waals surface area contributed by atoms with E-state index in [2.05, 4.69) is 27.4 Å². The molecule has 4 aliphatic carbocycles. The average Bonchev–Trinajstić information content (AvgIpc) is 2.21. The summed E-state index contributed by atoms with van der Waals surface area (Å²) < 4.78 is 12.4. The van der Waals surface area contributed by atoms with Crippen LogP contribution in [0.5, 0.6) is 0 Å². The molecule has 4 fully saturated rings. The van der Waals surface area contributed by atoms with E-state index in [0.29, 0.717) is 17.4 Å². The summed E-state index contributed by atoms with van der Waals surface area (Å²) >= 11 is 0. The van der Waals surface area contributed by atoms with Gasteiger partial charge in [0.15, 0.2) is 0 Å². The van der Waals surface area contributed by atoms with Gasteiger partial charge in [-0.25, -0.2) is 4.79 Å². The fourth-order valence-electron chi connectivity index (χ4n) is 5.27. The van der Waals surface area contributed by atoms with E-state index in [4.69, 9.17) is 9.47 Å². The first-order valence-electron chi connectivity index (χ1n) is 8.19. The standard InChI is InChI=1S/C18H28O3/c1-12(2)15(19)20-17-7-13-6-14(8-17)10-18(9-13,11-17)21-16(3,4)5/h13-14H,1,6-11H2,2-5H3. The van der Waals surface area contributed by atoms with Gasteiger partial charge in [-0.05, 0) is 71.6 Å². The quantitative estimate of drug-likeness (QED) is 0.582. The lowest BCUT2D eigenvalue weighted by Gasteiger charge is -2.61. The third-order valence-corrected chi connectivity index (χ3v) is 5.13. The zero-order valence-corrected chi connectivity index (χ0v) is 13.8. The van der Waals surface area contributed by atoms with Gasteiger partial charge in [-0.15, -0.1) is 0 Å². The van der Waals surface area contributed by atoms with Crippen LogP contribution in [-0.2, 0) is 14.3 Å². The predicted octanol–water partition coefficient (Wildman–Crippen LogP) is 4.01. The molecule has 0 saturated heterocycles. The van der Waals surface area contributed by atoms with Crippen molar-refractivity contribution in [2.24, 2.45) is 11.8 Å². The molecular weight excluding hydrogens is 264 g/mol. The Morgan fingerprint density at radius 3 is 2.10 bits per heavy atom. The van der Waals surface area contributed by atoms with E-state index in [1.807, 2.05) is 0 Å². The molecule has 4 bridgehead atoms. The van der Waals surface area contributed by atoms with Gasteiger partial charge in [0.25, 0.3) is 0 Å². The minimum atomic E-state index is -0.300. The van der Waals surface area contributed by atoms with Crippen LogP contribution in [0.25, 0.3) is 0 Å². The maximum atomic E-state index is 12.1. The van der Waals surface area contributed by atoms with Crippen LogP contribution >= 0.6 is 0 Å². The molecule has 0 aliphatic heterocycles. The molecule has 0 aromatic rings. The molecule has 0 amide bonds. The van der Waals surface area contributed by atoms with Crippen LogP contribution < -0.4 is 0 Å². The smallest absolute Gasteiger partial charge is 0.333 e. The molecule has 0 N–H and O–H groups in total. The Balaban J connectivity index is 1.84. The van der Waals surface area contributed by atoms with Crippen molar-refractivity contribution in [1.29, 1.82) is 0 Å². The fourth-order valence-corrected chi connectivity index (χ4v) is 5.27. The Labute approximate surface area is 128 Å². The summed E-state index contributed by atoms with van der Waals surface area (Å²) in [7, 11) is 0. The summed E-state index contributed by atoms with van der Waals surface area (Å²) in [5.74, 6) is 1.06. The van der Waals surface area contributed by atoms with E-state index in [1.165, 1.54) is 6.42 Å². The van der Waals surface area contributed by atoms with Crippen LogP contribution in [0, 0.1) is 11.8 Å². The molecule has 4 saturated carbocycles. The summed E-state index contributed by atoms with van der Waals surface area (Å²) in [6.07, 6.45) is 6.43. The van der Waals surface area contributed by atoms with E-state index in [0.717, 1.165) is 32.1 Å². The predicted molar refractivity (Wildman–Crippen MR) is 81.9 cm³/mol. The second-order valence-electron chi connectivity index (χ2n) is 8.71. The van der Waals surface area contributed by atoms with E-state index < -0.39 is 0 Å². The first-order chi connectivity index (χ1) is 9.61. The van der Waals surface area contributed by atoms with Gasteiger partial charge >= 0.3 is 5.97 Å². The van der Waals surface area contributed by atoms with Crippen LogP contribution in [0.1, 0.15) is 66.2 Å². The Hall–Kier alpha value is -0.830. The number of hydrogen-bond acceptors (Lipinski definition) is 3. The van der Waals surface area contributed by atoms with Crippen molar-refractivity contribution in [3.8, 4) is 0 Å². The van der Waals surface area contributed by atoms with Gasteiger partial charge < -0.3 is 9.47 Å². The van der Waals surface area contributed by atoms with Crippen LogP contribution in [0.4, 0.5) is 0 Å². The summed E-state index contributed by atoms with van der Waals surface area (Å²) in [6, 6.07) is 0. The minimum Gasteiger partial charge on any atom is -0.456 e. The molecule has 4 aliphatic rings. The Morgan fingerprint density at radius 2 is 1.62 bits per heavy atom. The van der Waals surface area contributed by atoms with Gasteiger partial charge in [0.1, 0.15) is 5.60 Å². The fraction of sp³-hybridized carbons (Fsp3) is 0.833. The molecule has 2 atom stereocenters. The summed E-state index contributed by atoms with van der Waals surface area (Å²) in [6.45, 7) is 11.8. The molecule has 0 radical (unpaired) electrons. The van der Waals surface area contributed by atoms with Crippen molar-refractivity contribution in [1.82, 2.24) is 0 Å². The molecule has 21 heavy (non-hydrogen) atoms. The Bertz CT molecular complexity index is 457. The van der Waals surface area contributed by atoms with Gasteiger partial charge in [-0.3, -0.25) is 0 Å². The Kier molecular flexibility index (Phi) is 3.29. The van der Waals surface area contributed by atoms with Crippen molar-refractivity contribution in [3.05, 3.63) is 12.2 Å². The lowest BCUT2D eigenvalue weighted by molar-refractivity contribution is -0.256. The lowest BCUT2D eigenvalue weighted by atomic mass is 9.52. The van der Waals surface area contributed by atoms with Gasteiger partial charge in [0, 0.05) is 12.0 Å². The molecule has 2 unspecified atom stereocenters. The third-order valence-electron chi connectivity index (χ3n) is 5.13. The van der Waals surface area contributed by atoms with Crippen LogP contribution in [0.2, 0.25) is 0 Å². The van der Waals surface area contributed by atoms with E-state index in [9.17, 15) is 4.79 Å². The lowest BCUT2D eigenvalue weighted by Crippen LogP contribution is -2.62. The largest absolute Gasteiger partial charge is 0.456 e. The Morgan fingerprint density at radius 1 is 1.10 bits per heavy atom. The number of carbonyl (C=O) groups excluding carboxylic acids is 1. The first kappa shape index (κ1) is 15.1. The molecule has 0 spiro atoms. The highest BCUT2D eigenvalue weighted by Gasteiger charge is 2.61. The second-order valence-corrected chi connectivity index (χ2v) is 8.71. The zero-order chi connectivity index (χ0) is 15.5. The molecule has 0 heterocycles. The van der Waals surface area contributed by atoms with Crippen molar-refractivity contribution in [2.45, 2.75) is 83.0 Å². The van der Waals surface area contributed by atoms with Gasteiger partial charge in [-0.2, -0.15) is 0 Å². The van der Waals surface area contributed by atoms with Crippen LogP contribution in [0.15, 0.2) is 12.2 Å². The van der Waals surface area contributed by atoms with E-state index in [-0.39, 0.29) is 22.8 Å². The number of esters is 1. The van der Waals surface area contributed by atoms with Crippen molar-refractivity contribution >= 4 is 5.97 Å². The third kappa shape index (κ3) is 2.90. The highest BCUT2D eigenvalue weighted by atomic mass is 16.6. The number of ether oxygens (including phenoxy) is 2. The maximum Gasteiger partial charge on any atom is 0.333 e. The molecule has 3 heteroatoms. The van der Waals surface area contributed by atoms with Gasteiger partial charge in [-0.1, -0.05) is 6.58 Å². The maximum absolute atomic E-state index is 12.1. The topological polar surface area (TPSA) is 35.5 Å². The van der Waals surface area contributed by atoms with Crippen LogP contribution in [-0.4, -0.2) is 22.8 Å². The summed E-state index contributed by atoms with van der Waals surface area (Å²) in [4.78, 5) is 12.1. The normalized spacial score (nSPS) is 41.1. The van der Waals surface area contributed by atoms with Crippen molar-refractivity contribution in [2.75, 3.05) is 0 Å². The molecular formula is C18H28O3. The van der Waals surface area contributed by atoms with E-state index >= 15 is 0 Å². The van der Waals surface area contributed by atoms with Crippen molar-refractivity contribution in [3.63, 3.8) is 0 Å². The highest BCUT2D eigenvalue weighted by molar-refractivity contribution is 5.87. The van der Waals surface area contributed by atoms with Crippen molar-refractivity contribution < 1.29 is 14.3 Å². The SMILES string of the molecule is C=C(C)C(=O)OC12CC3CC(C1)CC(OC(C)(C)C)(C3)C2. The van der Waals surface area contributed by atoms with Gasteiger partial charge in [0.2, 0.25) is 0 Å². The molecule has 118 valence electrons. The molecule has 3 nitrogen and oxygen atoms in total. The van der Waals surface area contributed by atoms with Crippen LogP contribution in [0.3, 0.4) is 0 Å². The average molecular weight is 292 g/mol. The molecule has 4 rings (SSSR count).